The summed E-state index contributed by atoms with van der Waals surface area (Å²) >= 11 is 0. The molecule has 0 radical (unpaired) electrons. The largest absolute Gasteiger partial charge is 0.490 e. The van der Waals surface area contributed by atoms with Gasteiger partial charge in [-0.1, -0.05) is 36.4 Å². The van der Waals surface area contributed by atoms with Crippen LogP contribution in [0.5, 0.6) is 0 Å². The number of rotatable bonds is 2. The van der Waals surface area contributed by atoms with Gasteiger partial charge in [-0.25, -0.2) is 0 Å². The minimum Gasteiger partial charge on any atom is -0.423 e. The van der Waals surface area contributed by atoms with Gasteiger partial charge < -0.3 is 10.0 Å². The van der Waals surface area contributed by atoms with Crippen LogP contribution in [0.3, 0.4) is 0 Å². The van der Waals surface area contributed by atoms with E-state index in [2.05, 4.69) is 4.98 Å². The van der Waals surface area contributed by atoms with Gasteiger partial charge in [-0.05, 0) is 6.07 Å². The van der Waals surface area contributed by atoms with E-state index >= 15 is 0 Å². The molecule has 0 aliphatic carbocycles. The summed E-state index contributed by atoms with van der Waals surface area (Å²) in [6.45, 7) is 0. The maximum absolute atomic E-state index is 8.90. The molecule has 0 spiro atoms. The SMILES string of the molecule is OB(O)c1ccc(-c2ccccc2)nc1. The molecule has 0 fully saturated rings. The summed E-state index contributed by atoms with van der Waals surface area (Å²) in [4.78, 5) is 4.15. The number of hydrogen-bond donors (Lipinski definition) is 2. The quantitative estimate of drug-likeness (QED) is 0.689. The summed E-state index contributed by atoms with van der Waals surface area (Å²) in [6, 6.07) is 13.1. The minimum atomic E-state index is -1.46. The van der Waals surface area contributed by atoms with Crippen molar-refractivity contribution < 1.29 is 10.0 Å². The van der Waals surface area contributed by atoms with Crippen LogP contribution >= 0.6 is 0 Å². The summed E-state index contributed by atoms with van der Waals surface area (Å²) in [5, 5.41) is 17.8. The second kappa shape index (κ2) is 4.25. The molecule has 1 aromatic heterocycles. The van der Waals surface area contributed by atoms with Crippen LogP contribution in [0.4, 0.5) is 0 Å². The molecule has 1 heterocycles. The number of pyridine rings is 1. The van der Waals surface area contributed by atoms with Gasteiger partial charge >= 0.3 is 7.12 Å². The third kappa shape index (κ3) is 2.23. The maximum Gasteiger partial charge on any atom is 0.490 e. The molecule has 3 nitrogen and oxygen atoms in total. The fraction of sp³-hybridized carbons (Fsp3) is 0. The Hall–Kier alpha value is -1.65. The molecule has 0 unspecified atom stereocenters. The van der Waals surface area contributed by atoms with Crippen LogP contribution in [0.2, 0.25) is 0 Å². The van der Waals surface area contributed by atoms with E-state index in [1.54, 1.807) is 12.1 Å². The Kier molecular flexibility index (Phi) is 2.80. The van der Waals surface area contributed by atoms with E-state index in [0.29, 0.717) is 5.46 Å². The van der Waals surface area contributed by atoms with E-state index in [1.807, 2.05) is 30.3 Å². The van der Waals surface area contributed by atoms with E-state index in [0.717, 1.165) is 11.3 Å². The molecule has 0 amide bonds. The monoisotopic (exact) mass is 199 g/mol. The van der Waals surface area contributed by atoms with Crippen molar-refractivity contribution in [1.29, 1.82) is 0 Å². The van der Waals surface area contributed by atoms with Crippen LogP contribution in [-0.4, -0.2) is 22.2 Å². The Morgan fingerprint density at radius 3 is 2.20 bits per heavy atom. The van der Waals surface area contributed by atoms with Crippen molar-refractivity contribution in [3.8, 4) is 11.3 Å². The van der Waals surface area contributed by atoms with Gasteiger partial charge in [0, 0.05) is 17.2 Å². The standard InChI is InChI=1S/C11H10BNO2/c14-12(15)10-6-7-11(13-8-10)9-4-2-1-3-5-9/h1-8,14-15H. The Balaban J connectivity index is 2.32. The number of nitrogens with zero attached hydrogens (tertiary/aromatic N) is 1. The van der Waals surface area contributed by atoms with Crippen molar-refractivity contribution >= 4 is 12.6 Å². The van der Waals surface area contributed by atoms with Crippen molar-refractivity contribution in [3.05, 3.63) is 48.7 Å². The Bertz CT molecular complexity index is 428. The molecule has 1 aromatic carbocycles. The van der Waals surface area contributed by atoms with Crippen LogP contribution in [0, 0.1) is 0 Å². The van der Waals surface area contributed by atoms with Gasteiger partial charge in [0.05, 0.1) is 5.69 Å². The van der Waals surface area contributed by atoms with E-state index in [-0.39, 0.29) is 0 Å². The van der Waals surface area contributed by atoms with Gasteiger partial charge in [-0.3, -0.25) is 4.98 Å². The first-order valence-electron chi connectivity index (χ1n) is 4.65. The van der Waals surface area contributed by atoms with Crippen LogP contribution in [0.25, 0.3) is 11.3 Å². The first-order valence-corrected chi connectivity index (χ1v) is 4.65. The maximum atomic E-state index is 8.90. The van der Waals surface area contributed by atoms with Gasteiger partial charge in [-0.15, -0.1) is 0 Å². The first kappa shape index (κ1) is 9.89. The zero-order chi connectivity index (χ0) is 10.7. The highest BCUT2D eigenvalue weighted by Gasteiger charge is 2.10. The van der Waals surface area contributed by atoms with E-state index in [9.17, 15) is 0 Å². The predicted molar refractivity (Wildman–Crippen MR) is 59.5 cm³/mol. The van der Waals surface area contributed by atoms with E-state index in [4.69, 9.17) is 10.0 Å². The summed E-state index contributed by atoms with van der Waals surface area (Å²) in [7, 11) is -1.46. The van der Waals surface area contributed by atoms with Crippen molar-refractivity contribution in [2.75, 3.05) is 0 Å². The van der Waals surface area contributed by atoms with Crippen molar-refractivity contribution in [2.24, 2.45) is 0 Å². The highest BCUT2D eigenvalue weighted by Crippen LogP contribution is 2.14. The van der Waals surface area contributed by atoms with Gasteiger partial charge in [-0.2, -0.15) is 0 Å². The van der Waals surface area contributed by atoms with Crippen molar-refractivity contribution in [1.82, 2.24) is 4.98 Å². The Labute approximate surface area is 88.2 Å². The normalized spacial score (nSPS) is 10.0. The minimum absolute atomic E-state index is 0.398. The molecule has 0 aliphatic rings. The fourth-order valence-corrected chi connectivity index (χ4v) is 1.34. The lowest BCUT2D eigenvalue weighted by molar-refractivity contribution is 0.425. The number of benzene rings is 1. The first-order chi connectivity index (χ1) is 7.27. The molecule has 2 aromatic rings. The highest BCUT2D eigenvalue weighted by atomic mass is 16.4. The molecule has 4 heteroatoms. The molecule has 0 atom stereocenters. The zero-order valence-corrected chi connectivity index (χ0v) is 8.04. The smallest absolute Gasteiger partial charge is 0.423 e. The second-order valence-corrected chi connectivity index (χ2v) is 3.22. The van der Waals surface area contributed by atoms with Gasteiger partial charge in [0.2, 0.25) is 0 Å². The Morgan fingerprint density at radius 2 is 1.67 bits per heavy atom. The molecule has 0 saturated heterocycles. The second-order valence-electron chi connectivity index (χ2n) is 3.22. The Morgan fingerprint density at radius 1 is 0.933 bits per heavy atom. The van der Waals surface area contributed by atoms with Gasteiger partial charge in [0.15, 0.2) is 0 Å². The van der Waals surface area contributed by atoms with Crippen LogP contribution < -0.4 is 5.46 Å². The van der Waals surface area contributed by atoms with Gasteiger partial charge in [0.25, 0.3) is 0 Å². The molecule has 74 valence electrons. The molecule has 15 heavy (non-hydrogen) atoms. The van der Waals surface area contributed by atoms with Crippen LogP contribution in [-0.2, 0) is 0 Å². The topological polar surface area (TPSA) is 53.4 Å². The summed E-state index contributed by atoms with van der Waals surface area (Å²) in [5.74, 6) is 0. The summed E-state index contributed by atoms with van der Waals surface area (Å²) in [6.07, 6.45) is 1.47. The van der Waals surface area contributed by atoms with Gasteiger partial charge in [0.1, 0.15) is 0 Å². The fourth-order valence-electron chi connectivity index (χ4n) is 1.34. The zero-order valence-electron chi connectivity index (χ0n) is 8.04. The van der Waals surface area contributed by atoms with Crippen molar-refractivity contribution in [2.45, 2.75) is 0 Å². The lowest BCUT2D eigenvalue weighted by Crippen LogP contribution is -2.29. The van der Waals surface area contributed by atoms with E-state index in [1.165, 1.54) is 6.20 Å². The number of aromatic nitrogens is 1. The van der Waals surface area contributed by atoms with Crippen molar-refractivity contribution in [3.63, 3.8) is 0 Å². The lowest BCUT2D eigenvalue weighted by atomic mass is 9.81. The molecule has 0 bridgehead atoms. The summed E-state index contributed by atoms with van der Waals surface area (Å²) in [5.41, 5.74) is 2.23. The highest BCUT2D eigenvalue weighted by molar-refractivity contribution is 6.58. The molecular formula is C11H10BNO2. The molecular weight excluding hydrogens is 189 g/mol. The lowest BCUT2D eigenvalue weighted by Gasteiger charge is -2.02. The summed E-state index contributed by atoms with van der Waals surface area (Å²) < 4.78 is 0. The number of hydrogen-bond acceptors (Lipinski definition) is 3. The average molecular weight is 199 g/mol. The third-order valence-electron chi connectivity index (χ3n) is 2.15. The molecule has 0 aliphatic heterocycles. The average Bonchev–Trinajstić information content (AvgIpc) is 2.30. The van der Waals surface area contributed by atoms with E-state index < -0.39 is 7.12 Å². The third-order valence-corrected chi connectivity index (χ3v) is 2.15. The predicted octanol–water partition coefficient (Wildman–Crippen LogP) is 0.428. The van der Waals surface area contributed by atoms with Crippen LogP contribution in [0.1, 0.15) is 0 Å². The molecule has 2 rings (SSSR count). The molecule has 2 N–H and O–H groups in total. The van der Waals surface area contributed by atoms with Crippen LogP contribution in [0.15, 0.2) is 48.7 Å². The molecule has 0 saturated carbocycles.